The molecular weight excluding hydrogens is 266 g/mol. The van der Waals surface area contributed by atoms with Gasteiger partial charge in [-0.1, -0.05) is 0 Å². The van der Waals surface area contributed by atoms with Crippen molar-refractivity contribution in [2.45, 2.75) is 0 Å². The van der Waals surface area contributed by atoms with E-state index in [0.717, 1.165) is 26.8 Å². The van der Waals surface area contributed by atoms with Gasteiger partial charge in [0.15, 0.2) is 0 Å². The Hall–Kier alpha value is -1.68. The summed E-state index contributed by atoms with van der Waals surface area (Å²) in [5.41, 5.74) is 2.99. The Bertz CT molecular complexity index is 631. The molecule has 4 heteroatoms. The lowest BCUT2D eigenvalue weighted by Crippen LogP contribution is -1.78. The summed E-state index contributed by atoms with van der Waals surface area (Å²) in [7, 11) is 0. The molecule has 3 aromatic heterocycles. The lowest BCUT2D eigenvalue weighted by atomic mass is 10.2. The van der Waals surface area contributed by atoms with E-state index in [9.17, 15) is 0 Å². The lowest BCUT2D eigenvalue weighted by molar-refractivity contribution is 1.29. The van der Waals surface area contributed by atoms with E-state index in [1.807, 2.05) is 24.4 Å². The molecule has 0 aliphatic rings. The summed E-state index contributed by atoms with van der Waals surface area (Å²) in [5.74, 6) is 0. The predicted octanol–water partition coefficient (Wildman–Crippen LogP) is 3.39. The summed E-state index contributed by atoms with van der Waals surface area (Å²) < 4.78 is 0.983. The molecule has 3 aromatic rings. The Morgan fingerprint density at radius 2 is 2.12 bits per heavy atom. The van der Waals surface area contributed by atoms with Gasteiger partial charge in [0.25, 0.3) is 0 Å². The molecule has 0 saturated carbocycles. The number of nitrogens with zero attached hydrogens (tertiary/aromatic N) is 2. The van der Waals surface area contributed by atoms with E-state index in [-0.39, 0.29) is 0 Å². The van der Waals surface area contributed by atoms with Crippen molar-refractivity contribution in [2.75, 3.05) is 0 Å². The van der Waals surface area contributed by atoms with Crippen molar-refractivity contribution in [3.05, 3.63) is 47.3 Å². The normalized spacial score (nSPS) is 10.8. The van der Waals surface area contributed by atoms with Crippen LogP contribution in [0, 0.1) is 0 Å². The zero-order chi connectivity index (χ0) is 11.0. The summed E-state index contributed by atoms with van der Waals surface area (Å²) in [5, 5.41) is 1.09. The molecule has 78 valence electrons. The average Bonchev–Trinajstić information content (AvgIpc) is 2.73. The maximum absolute atomic E-state index is 4.30. The van der Waals surface area contributed by atoms with Crippen LogP contribution in [0.25, 0.3) is 22.3 Å². The average molecular weight is 274 g/mol. The molecule has 0 unspecified atom stereocenters. The first-order chi connectivity index (χ1) is 7.83. The molecule has 0 amide bonds. The van der Waals surface area contributed by atoms with Crippen molar-refractivity contribution in [1.29, 1.82) is 0 Å². The van der Waals surface area contributed by atoms with Gasteiger partial charge in [0.2, 0.25) is 0 Å². The summed E-state index contributed by atoms with van der Waals surface area (Å²) in [6.07, 6.45) is 5.38. The van der Waals surface area contributed by atoms with E-state index >= 15 is 0 Å². The molecule has 3 rings (SSSR count). The number of H-pyrrole nitrogens is 1. The van der Waals surface area contributed by atoms with Crippen LogP contribution in [0.2, 0.25) is 0 Å². The molecule has 0 aliphatic heterocycles. The minimum absolute atomic E-state index is 0.891. The van der Waals surface area contributed by atoms with Crippen LogP contribution in [-0.2, 0) is 0 Å². The van der Waals surface area contributed by atoms with E-state index < -0.39 is 0 Å². The van der Waals surface area contributed by atoms with Crippen molar-refractivity contribution in [2.24, 2.45) is 0 Å². The van der Waals surface area contributed by atoms with Crippen LogP contribution in [0.15, 0.2) is 47.3 Å². The van der Waals surface area contributed by atoms with Gasteiger partial charge in [-0.25, -0.2) is 4.98 Å². The first kappa shape index (κ1) is 9.54. The number of aromatic amines is 1. The molecule has 0 aromatic carbocycles. The molecule has 3 heterocycles. The maximum Gasteiger partial charge on any atom is 0.137 e. The lowest BCUT2D eigenvalue weighted by Gasteiger charge is -1.93. The van der Waals surface area contributed by atoms with Crippen LogP contribution in [0.1, 0.15) is 0 Å². The van der Waals surface area contributed by atoms with Crippen LogP contribution >= 0.6 is 15.9 Å². The Morgan fingerprint density at radius 1 is 1.19 bits per heavy atom. The zero-order valence-corrected chi connectivity index (χ0v) is 9.90. The highest BCUT2D eigenvalue weighted by Gasteiger charge is 2.04. The second-order valence-electron chi connectivity index (χ2n) is 3.52. The molecule has 16 heavy (non-hydrogen) atoms. The molecule has 0 spiro atoms. The smallest absolute Gasteiger partial charge is 0.137 e. The molecule has 3 nitrogen and oxygen atoms in total. The fourth-order valence-corrected chi connectivity index (χ4v) is 2.02. The van der Waals surface area contributed by atoms with Gasteiger partial charge in [0, 0.05) is 39.7 Å². The number of halogens is 1. The van der Waals surface area contributed by atoms with Gasteiger partial charge in [0.05, 0.1) is 0 Å². The van der Waals surface area contributed by atoms with Crippen LogP contribution in [0.5, 0.6) is 0 Å². The fraction of sp³-hybridized carbons (Fsp3) is 0. The fourth-order valence-electron chi connectivity index (χ4n) is 1.67. The highest BCUT2D eigenvalue weighted by atomic mass is 79.9. The monoisotopic (exact) mass is 273 g/mol. The Morgan fingerprint density at radius 3 is 2.94 bits per heavy atom. The van der Waals surface area contributed by atoms with Gasteiger partial charge >= 0.3 is 0 Å². The Kier molecular flexibility index (Phi) is 2.22. The van der Waals surface area contributed by atoms with E-state index in [1.165, 1.54) is 0 Å². The highest BCUT2D eigenvalue weighted by molar-refractivity contribution is 9.10. The van der Waals surface area contributed by atoms with Gasteiger partial charge in [-0.2, -0.15) is 0 Å². The second kappa shape index (κ2) is 3.72. The third-order valence-corrected chi connectivity index (χ3v) is 2.84. The Labute approximate surface area is 101 Å². The summed E-state index contributed by atoms with van der Waals surface area (Å²) >= 11 is 3.41. The standard InChI is InChI=1S/C12H8BrN3/c13-10-4-9-5-11(16-12(9)15-7-10)8-2-1-3-14-6-8/h1-7H,(H,15,16). The summed E-state index contributed by atoms with van der Waals surface area (Å²) in [6, 6.07) is 8.06. The minimum atomic E-state index is 0.891. The van der Waals surface area contributed by atoms with Crippen molar-refractivity contribution < 1.29 is 0 Å². The van der Waals surface area contributed by atoms with Crippen molar-refractivity contribution in [3.63, 3.8) is 0 Å². The zero-order valence-electron chi connectivity index (χ0n) is 8.31. The molecule has 0 fully saturated rings. The molecule has 0 aliphatic carbocycles. The van der Waals surface area contributed by atoms with Gasteiger partial charge in [-0.05, 0) is 40.2 Å². The van der Waals surface area contributed by atoms with Crippen LogP contribution < -0.4 is 0 Å². The molecule has 1 N–H and O–H groups in total. The quantitative estimate of drug-likeness (QED) is 0.739. The molecule has 0 atom stereocenters. The van der Waals surface area contributed by atoms with Crippen molar-refractivity contribution >= 4 is 27.0 Å². The topological polar surface area (TPSA) is 41.6 Å². The van der Waals surface area contributed by atoms with E-state index in [2.05, 4.69) is 36.9 Å². The number of hydrogen-bond acceptors (Lipinski definition) is 2. The second-order valence-corrected chi connectivity index (χ2v) is 4.43. The van der Waals surface area contributed by atoms with Crippen LogP contribution in [0.3, 0.4) is 0 Å². The number of rotatable bonds is 1. The van der Waals surface area contributed by atoms with E-state index in [1.54, 1.807) is 12.4 Å². The number of hydrogen-bond donors (Lipinski definition) is 1. The van der Waals surface area contributed by atoms with E-state index in [0.29, 0.717) is 0 Å². The van der Waals surface area contributed by atoms with Crippen LogP contribution in [-0.4, -0.2) is 15.0 Å². The van der Waals surface area contributed by atoms with E-state index in [4.69, 9.17) is 0 Å². The molecule has 0 radical (unpaired) electrons. The van der Waals surface area contributed by atoms with Gasteiger partial charge in [-0.15, -0.1) is 0 Å². The van der Waals surface area contributed by atoms with Gasteiger partial charge in [0.1, 0.15) is 5.65 Å². The number of pyridine rings is 2. The minimum Gasteiger partial charge on any atom is -0.339 e. The number of aromatic nitrogens is 3. The molecule has 0 bridgehead atoms. The predicted molar refractivity (Wildman–Crippen MR) is 67.0 cm³/mol. The third-order valence-electron chi connectivity index (χ3n) is 2.41. The highest BCUT2D eigenvalue weighted by Crippen LogP contribution is 2.24. The van der Waals surface area contributed by atoms with Crippen LogP contribution in [0.4, 0.5) is 0 Å². The van der Waals surface area contributed by atoms with Gasteiger partial charge < -0.3 is 4.98 Å². The van der Waals surface area contributed by atoms with Gasteiger partial charge in [-0.3, -0.25) is 4.98 Å². The SMILES string of the molecule is Brc1cnc2[nH]c(-c3cccnc3)cc2c1. The largest absolute Gasteiger partial charge is 0.339 e. The first-order valence-corrected chi connectivity index (χ1v) is 5.67. The summed E-state index contributed by atoms with van der Waals surface area (Å²) in [6.45, 7) is 0. The Balaban J connectivity index is 2.19. The van der Waals surface area contributed by atoms with Crippen molar-refractivity contribution in [1.82, 2.24) is 15.0 Å². The molecular formula is C12H8BrN3. The maximum atomic E-state index is 4.30. The van der Waals surface area contributed by atoms with Crippen molar-refractivity contribution in [3.8, 4) is 11.3 Å². The number of fused-ring (bicyclic) bond motifs is 1. The third kappa shape index (κ3) is 1.61. The number of nitrogens with one attached hydrogen (secondary N) is 1. The first-order valence-electron chi connectivity index (χ1n) is 4.87. The molecule has 0 saturated heterocycles. The summed E-state index contributed by atoms with van der Waals surface area (Å²) in [4.78, 5) is 11.7.